The zero-order chi connectivity index (χ0) is 21.1. The summed E-state index contributed by atoms with van der Waals surface area (Å²) in [5.74, 6) is -2.40. The van der Waals surface area contributed by atoms with E-state index in [0.29, 0.717) is 19.4 Å². The molecule has 3 amide bonds. The number of likely N-dealkylation sites (tertiary alicyclic amines) is 1. The molecule has 0 unspecified atom stereocenters. The summed E-state index contributed by atoms with van der Waals surface area (Å²) >= 11 is 0. The largest absolute Gasteiger partial charge is 0.451 e. The number of esters is 1. The third-order valence-electron chi connectivity index (χ3n) is 5.85. The zero-order valence-electron chi connectivity index (χ0n) is 17.1. The van der Waals surface area contributed by atoms with Gasteiger partial charge in [-0.15, -0.1) is 0 Å². The molecule has 3 rings (SSSR count). The minimum Gasteiger partial charge on any atom is -0.451 e. The van der Waals surface area contributed by atoms with Crippen LogP contribution in [0.15, 0.2) is 24.3 Å². The van der Waals surface area contributed by atoms with E-state index in [9.17, 15) is 19.2 Å². The second kappa shape index (κ2) is 8.76. The van der Waals surface area contributed by atoms with E-state index in [1.807, 2.05) is 31.2 Å². The minimum atomic E-state index is -1.03. The van der Waals surface area contributed by atoms with Gasteiger partial charge in [0, 0.05) is 6.54 Å². The average Bonchev–Trinajstić information content (AvgIpc) is 2.97. The van der Waals surface area contributed by atoms with E-state index >= 15 is 0 Å². The number of fused-ring (bicyclic) bond motifs is 1. The number of rotatable bonds is 6. The van der Waals surface area contributed by atoms with E-state index < -0.39 is 24.0 Å². The number of amides is 3. The van der Waals surface area contributed by atoms with Crippen molar-refractivity contribution in [1.82, 2.24) is 10.2 Å². The van der Waals surface area contributed by atoms with Crippen molar-refractivity contribution in [1.29, 1.82) is 0 Å². The SMILES string of the molecule is Cc1ccc(CNC(=O)[C@@H](C)OC(=O)[C@H](C)N2C(=O)[C@H]3CCCC[C@H]3C2=O)cc1. The molecule has 1 saturated carbocycles. The number of hydrogen-bond donors (Lipinski definition) is 1. The van der Waals surface area contributed by atoms with Crippen molar-refractivity contribution >= 4 is 23.7 Å². The lowest BCUT2D eigenvalue weighted by Crippen LogP contribution is -2.46. The molecule has 156 valence electrons. The van der Waals surface area contributed by atoms with Crippen molar-refractivity contribution in [3.63, 3.8) is 0 Å². The van der Waals surface area contributed by atoms with Crippen LogP contribution < -0.4 is 5.32 Å². The van der Waals surface area contributed by atoms with Crippen LogP contribution in [0.4, 0.5) is 0 Å². The molecule has 0 radical (unpaired) electrons. The van der Waals surface area contributed by atoms with E-state index in [4.69, 9.17) is 4.74 Å². The number of nitrogens with one attached hydrogen (secondary N) is 1. The molecule has 29 heavy (non-hydrogen) atoms. The molecule has 4 atom stereocenters. The average molecular weight is 400 g/mol. The Bertz CT molecular complexity index is 780. The van der Waals surface area contributed by atoms with Crippen molar-refractivity contribution in [2.75, 3.05) is 0 Å². The molecule has 0 bridgehead atoms. The molecular formula is C22H28N2O5. The maximum absolute atomic E-state index is 12.6. The number of hydrogen-bond acceptors (Lipinski definition) is 5. The summed E-state index contributed by atoms with van der Waals surface area (Å²) in [5.41, 5.74) is 2.06. The molecular weight excluding hydrogens is 372 g/mol. The summed E-state index contributed by atoms with van der Waals surface area (Å²) in [4.78, 5) is 51.0. The number of nitrogens with zero attached hydrogens (tertiary/aromatic N) is 1. The Hall–Kier alpha value is -2.70. The molecule has 0 aromatic heterocycles. The van der Waals surface area contributed by atoms with Crippen molar-refractivity contribution in [2.45, 2.75) is 65.1 Å². The summed E-state index contributed by atoms with van der Waals surface area (Å²) in [6.07, 6.45) is 2.19. The molecule has 2 fully saturated rings. The van der Waals surface area contributed by atoms with Crippen molar-refractivity contribution in [2.24, 2.45) is 11.8 Å². The maximum Gasteiger partial charge on any atom is 0.329 e. The number of carbonyl (C=O) groups is 4. The number of carbonyl (C=O) groups excluding carboxylic acids is 4. The number of imide groups is 1. The van der Waals surface area contributed by atoms with Crippen molar-refractivity contribution in [3.8, 4) is 0 Å². The fraction of sp³-hybridized carbons (Fsp3) is 0.545. The lowest BCUT2D eigenvalue weighted by molar-refractivity contribution is -0.164. The number of benzene rings is 1. The second-order valence-electron chi connectivity index (χ2n) is 8.00. The standard InChI is InChI=1S/C22H28N2O5/c1-13-8-10-16(11-9-13)12-23-19(25)15(3)29-22(28)14(2)24-20(26)17-6-4-5-7-18(17)21(24)27/h8-11,14-15,17-18H,4-7,12H2,1-3H3,(H,23,25)/t14-,15+,17-,18+/m0/s1. The van der Waals surface area contributed by atoms with Crippen LogP contribution in [0.2, 0.25) is 0 Å². The van der Waals surface area contributed by atoms with Crippen LogP contribution in [-0.4, -0.2) is 40.7 Å². The molecule has 1 aliphatic heterocycles. The van der Waals surface area contributed by atoms with Crippen molar-refractivity contribution in [3.05, 3.63) is 35.4 Å². The summed E-state index contributed by atoms with van der Waals surface area (Å²) in [7, 11) is 0. The van der Waals surface area contributed by atoms with Gasteiger partial charge in [0.1, 0.15) is 6.04 Å². The Morgan fingerprint density at radius 1 is 1.07 bits per heavy atom. The van der Waals surface area contributed by atoms with Gasteiger partial charge in [-0.05, 0) is 39.2 Å². The Balaban J connectivity index is 1.54. The molecule has 7 nitrogen and oxygen atoms in total. The van der Waals surface area contributed by atoms with E-state index in [2.05, 4.69) is 5.32 Å². The van der Waals surface area contributed by atoms with E-state index in [1.54, 1.807) is 0 Å². The lowest BCUT2D eigenvalue weighted by Gasteiger charge is -2.23. The topological polar surface area (TPSA) is 92.8 Å². The highest BCUT2D eigenvalue weighted by Gasteiger charge is 2.51. The van der Waals surface area contributed by atoms with E-state index in [0.717, 1.165) is 28.9 Å². The van der Waals surface area contributed by atoms with Gasteiger partial charge >= 0.3 is 5.97 Å². The maximum atomic E-state index is 12.6. The number of aryl methyl sites for hydroxylation is 1. The highest BCUT2D eigenvalue weighted by atomic mass is 16.5. The first-order chi connectivity index (χ1) is 13.8. The molecule has 1 aromatic carbocycles. The van der Waals surface area contributed by atoms with Gasteiger partial charge < -0.3 is 10.1 Å². The number of ether oxygens (including phenoxy) is 1. The van der Waals surface area contributed by atoms with Gasteiger partial charge in [-0.3, -0.25) is 19.3 Å². The molecule has 1 aromatic rings. The van der Waals surface area contributed by atoms with Gasteiger partial charge in [-0.1, -0.05) is 42.7 Å². The first-order valence-electron chi connectivity index (χ1n) is 10.2. The summed E-state index contributed by atoms with van der Waals surface area (Å²) in [6.45, 7) is 5.26. The minimum absolute atomic E-state index is 0.291. The second-order valence-corrected chi connectivity index (χ2v) is 8.00. The summed E-state index contributed by atoms with van der Waals surface area (Å²) < 4.78 is 5.25. The van der Waals surface area contributed by atoms with Crippen molar-refractivity contribution < 1.29 is 23.9 Å². The van der Waals surface area contributed by atoms with Gasteiger partial charge in [-0.2, -0.15) is 0 Å². The normalized spacial score (nSPS) is 23.3. The Kier molecular flexibility index (Phi) is 6.35. The fourth-order valence-corrected chi connectivity index (χ4v) is 4.04. The lowest BCUT2D eigenvalue weighted by atomic mass is 9.81. The van der Waals surface area contributed by atoms with Gasteiger partial charge in [-0.25, -0.2) is 4.79 Å². The van der Waals surface area contributed by atoms with E-state index in [1.165, 1.54) is 13.8 Å². The van der Waals surface area contributed by atoms with E-state index in [-0.39, 0.29) is 23.7 Å². The quantitative estimate of drug-likeness (QED) is 0.583. The van der Waals surface area contributed by atoms with Crippen LogP contribution in [0.25, 0.3) is 0 Å². The zero-order valence-corrected chi connectivity index (χ0v) is 17.1. The molecule has 1 N–H and O–H groups in total. The molecule has 7 heteroatoms. The molecule has 0 spiro atoms. The molecule has 2 aliphatic rings. The molecule has 1 aliphatic carbocycles. The van der Waals surface area contributed by atoms with Crippen LogP contribution in [0.5, 0.6) is 0 Å². The molecule has 1 saturated heterocycles. The predicted octanol–water partition coefficient (Wildman–Crippen LogP) is 2.11. The van der Waals surface area contributed by atoms with Crippen LogP contribution >= 0.6 is 0 Å². The third kappa shape index (κ3) is 4.49. The summed E-state index contributed by atoms with van der Waals surface area (Å²) in [6, 6.07) is 6.70. The first-order valence-corrected chi connectivity index (χ1v) is 10.2. The highest BCUT2D eigenvalue weighted by Crippen LogP contribution is 2.38. The van der Waals surface area contributed by atoms with Crippen LogP contribution in [0.1, 0.15) is 50.7 Å². The first kappa shape index (κ1) is 21.0. The predicted molar refractivity (Wildman–Crippen MR) is 105 cm³/mol. The fourth-order valence-electron chi connectivity index (χ4n) is 4.04. The highest BCUT2D eigenvalue weighted by molar-refractivity contribution is 6.07. The summed E-state index contributed by atoms with van der Waals surface area (Å²) in [5, 5.41) is 2.73. The monoisotopic (exact) mass is 400 g/mol. The Morgan fingerprint density at radius 2 is 1.62 bits per heavy atom. The van der Waals surface area contributed by atoms with Crippen LogP contribution in [-0.2, 0) is 30.5 Å². The van der Waals surface area contributed by atoms with Gasteiger partial charge in [0.15, 0.2) is 6.10 Å². The Labute approximate surface area is 170 Å². The molecule has 1 heterocycles. The Morgan fingerprint density at radius 3 is 2.17 bits per heavy atom. The van der Waals surface area contributed by atoms with Gasteiger partial charge in [0.25, 0.3) is 5.91 Å². The van der Waals surface area contributed by atoms with Crippen LogP contribution in [0.3, 0.4) is 0 Å². The third-order valence-corrected chi connectivity index (χ3v) is 5.85. The van der Waals surface area contributed by atoms with Gasteiger partial charge in [0.05, 0.1) is 11.8 Å². The van der Waals surface area contributed by atoms with Crippen LogP contribution in [0, 0.1) is 18.8 Å². The van der Waals surface area contributed by atoms with Gasteiger partial charge in [0.2, 0.25) is 11.8 Å². The smallest absolute Gasteiger partial charge is 0.329 e.